The van der Waals surface area contributed by atoms with Crippen LogP contribution in [0.4, 0.5) is 0 Å². The van der Waals surface area contributed by atoms with Crippen molar-refractivity contribution in [3.8, 4) is 11.5 Å². The van der Waals surface area contributed by atoms with E-state index in [-0.39, 0.29) is 31.4 Å². The fourth-order valence-electron chi connectivity index (χ4n) is 6.10. The van der Waals surface area contributed by atoms with Gasteiger partial charge in [0.15, 0.2) is 18.1 Å². The van der Waals surface area contributed by atoms with Crippen molar-refractivity contribution >= 4 is 34.4 Å². The number of pyridine rings is 1. The number of amides is 1. The second-order valence-electron chi connectivity index (χ2n) is 10.5. The fourth-order valence-corrected chi connectivity index (χ4v) is 6.10. The van der Waals surface area contributed by atoms with E-state index in [0.29, 0.717) is 5.56 Å². The Hall–Kier alpha value is -3.87. The summed E-state index contributed by atoms with van der Waals surface area (Å²) in [5.41, 5.74) is 5.03. The average Bonchev–Trinajstić information content (AvgIpc) is 3.39. The SMILES string of the molecule is CC1CCCC(C)N1C(=O)COC(=O)c1c2c(nc3ccccc13)C(=Cc1ccc3c(c1)OCO3)CCC2. The number of aromatic nitrogens is 1. The first-order valence-corrected chi connectivity index (χ1v) is 13.5. The van der Waals surface area contributed by atoms with Gasteiger partial charge in [-0.1, -0.05) is 24.3 Å². The lowest BCUT2D eigenvalue weighted by molar-refractivity contribution is -0.140. The number of esters is 1. The predicted molar refractivity (Wildman–Crippen MR) is 145 cm³/mol. The summed E-state index contributed by atoms with van der Waals surface area (Å²) in [5, 5.41) is 0.757. The quantitative estimate of drug-likeness (QED) is 0.412. The lowest BCUT2D eigenvalue weighted by atomic mass is 9.86. The van der Waals surface area contributed by atoms with Gasteiger partial charge in [0.05, 0.1) is 16.8 Å². The summed E-state index contributed by atoms with van der Waals surface area (Å²) in [6, 6.07) is 13.8. The van der Waals surface area contributed by atoms with E-state index in [9.17, 15) is 9.59 Å². The number of rotatable bonds is 4. The molecule has 38 heavy (non-hydrogen) atoms. The summed E-state index contributed by atoms with van der Waals surface area (Å²) in [6.07, 6.45) is 7.65. The number of allylic oxidation sites excluding steroid dienone is 1. The topological polar surface area (TPSA) is 78.0 Å². The molecule has 0 spiro atoms. The number of likely N-dealkylation sites (tertiary alicyclic amines) is 1. The van der Waals surface area contributed by atoms with Crippen LogP contribution in [0.1, 0.15) is 73.1 Å². The molecule has 3 heterocycles. The van der Waals surface area contributed by atoms with Crippen LogP contribution >= 0.6 is 0 Å². The third-order valence-electron chi connectivity index (χ3n) is 7.92. The highest BCUT2D eigenvalue weighted by molar-refractivity contribution is 6.07. The number of fused-ring (bicyclic) bond motifs is 3. The average molecular weight is 513 g/mol. The Morgan fingerprint density at radius 1 is 1.03 bits per heavy atom. The van der Waals surface area contributed by atoms with Crippen molar-refractivity contribution < 1.29 is 23.8 Å². The highest BCUT2D eigenvalue weighted by Crippen LogP contribution is 2.38. The van der Waals surface area contributed by atoms with Gasteiger partial charge in [0, 0.05) is 17.5 Å². The first-order valence-electron chi connectivity index (χ1n) is 13.5. The first kappa shape index (κ1) is 24.5. The van der Waals surface area contributed by atoms with Crippen LogP contribution < -0.4 is 9.47 Å². The molecule has 1 amide bonds. The molecule has 196 valence electrons. The number of carbonyl (C=O) groups is 2. The van der Waals surface area contributed by atoms with Crippen molar-refractivity contribution in [2.75, 3.05) is 13.4 Å². The van der Waals surface area contributed by atoms with Crippen LogP contribution in [0.15, 0.2) is 42.5 Å². The zero-order valence-electron chi connectivity index (χ0n) is 21.9. The van der Waals surface area contributed by atoms with Crippen molar-refractivity contribution in [2.24, 2.45) is 0 Å². The van der Waals surface area contributed by atoms with Crippen LogP contribution in [0.5, 0.6) is 11.5 Å². The van der Waals surface area contributed by atoms with Crippen LogP contribution in [0, 0.1) is 0 Å². The molecule has 2 aliphatic heterocycles. The summed E-state index contributed by atoms with van der Waals surface area (Å²) < 4.78 is 16.7. The van der Waals surface area contributed by atoms with Gasteiger partial charge in [0.25, 0.3) is 5.91 Å². The van der Waals surface area contributed by atoms with Gasteiger partial charge < -0.3 is 19.1 Å². The number of piperidine rings is 1. The molecule has 1 saturated heterocycles. The normalized spacial score (nSPS) is 21.4. The van der Waals surface area contributed by atoms with E-state index in [2.05, 4.69) is 19.9 Å². The fraction of sp³-hybridized carbons (Fsp3) is 0.387. The highest BCUT2D eigenvalue weighted by atomic mass is 16.7. The molecule has 0 N–H and O–H groups in total. The number of ether oxygens (including phenoxy) is 3. The standard InChI is InChI=1S/C31H32N2O5/c1-19-7-5-8-20(2)33(19)28(34)17-36-31(35)29-23-10-3-4-12-25(23)32-30-22(9-6-11-24(29)30)15-21-13-14-26-27(16-21)38-18-37-26/h3-4,10,12-16,19-20H,5-9,11,17-18H2,1-2H3. The predicted octanol–water partition coefficient (Wildman–Crippen LogP) is 5.79. The molecular formula is C31H32N2O5. The van der Waals surface area contributed by atoms with Crippen LogP contribution in [0.3, 0.4) is 0 Å². The summed E-state index contributed by atoms with van der Waals surface area (Å²) in [6.45, 7) is 4.11. The highest BCUT2D eigenvalue weighted by Gasteiger charge is 2.31. The van der Waals surface area contributed by atoms with E-state index >= 15 is 0 Å². The van der Waals surface area contributed by atoms with Crippen molar-refractivity contribution in [3.05, 3.63) is 64.8 Å². The number of carbonyl (C=O) groups excluding carboxylic acids is 2. The number of para-hydroxylation sites is 1. The minimum absolute atomic E-state index is 0.131. The van der Waals surface area contributed by atoms with E-state index in [1.54, 1.807) is 0 Å². The van der Waals surface area contributed by atoms with Crippen LogP contribution in [0.2, 0.25) is 0 Å². The third-order valence-corrected chi connectivity index (χ3v) is 7.92. The summed E-state index contributed by atoms with van der Waals surface area (Å²) in [5.74, 6) is 0.880. The van der Waals surface area contributed by atoms with E-state index in [1.165, 1.54) is 0 Å². The summed E-state index contributed by atoms with van der Waals surface area (Å²) >= 11 is 0. The Morgan fingerprint density at radius 2 is 1.82 bits per heavy atom. The summed E-state index contributed by atoms with van der Waals surface area (Å²) in [4.78, 5) is 33.5. The molecule has 0 radical (unpaired) electrons. The van der Waals surface area contributed by atoms with Gasteiger partial charge in [-0.25, -0.2) is 9.78 Å². The Bertz CT molecular complexity index is 1440. The molecule has 3 aromatic rings. The molecule has 2 atom stereocenters. The second-order valence-corrected chi connectivity index (χ2v) is 10.5. The van der Waals surface area contributed by atoms with Crippen LogP contribution in [-0.2, 0) is 16.0 Å². The Morgan fingerprint density at radius 3 is 2.66 bits per heavy atom. The van der Waals surface area contributed by atoms with Crippen molar-refractivity contribution in [3.63, 3.8) is 0 Å². The maximum Gasteiger partial charge on any atom is 0.339 e. The molecule has 0 saturated carbocycles. The number of hydrogen-bond donors (Lipinski definition) is 0. The van der Waals surface area contributed by atoms with Crippen molar-refractivity contribution in [2.45, 2.75) is 64.5 Å². The number of hydrogen-bond acceptors (Lipinski definition) is 6. The number of nitrogens with zero attached hydrogens (tertiary/aromatic N) is 2. The first-order chi connectivity index (χ1) is 18.5. The van der Waals surface area contributed by atoms with Gasteiger partial charge in [-0.15, -0.1) is 0 Å². The molecule has 1 aliphatic carbocycles. The smallest absolute Gasteiger partial charge is 0.339 e. The van der Waals surface area contributed by atoms with Gasteiger partial charge in [-0.2, -0.15) is 0 Å². The minimum Gasteiger partial charge on any atom is -0.454 e. The van der Waals surface area contributed by atoms with Gasteiger partial charge in [-0.3, -0.25) is 4.79 Å². The van der Waals surface area contributed by atoms with Crippen LogP contribution in [0.25, 0.3) is 22.6 Å². The monoisotopic (exact) mass is 512 g/mol. The lowest BCUT2D eigenvalue weighted by Gasteiger charge is -2.38. The molecule has 7 heteroatoms. The van der Waals surface area contributed by atoms with Crippen molar-refractivity contribution in [1.29, 1.82) is 0 Å². The number of benzene rings is 2. The van der Waals surface area contributed by atoms with Gasteiger partial charge in [0.1, 0.15) is 0 Å². The molecule has 1 fully saturated rings. The van der Waals surface area contributed by atoms with E-state index in [1.807, 2.05) is 47.4 Å². The molecular weight excluding hydrogens is 480 g/mol. The maximum absolute atomic E-state index is 13.6. The Labute approximate surface area is 222 Å². The second kappa shape index (κ2) is 10.1. The third kappa shape index (κ3) is 4.51. The molecule has 7 nitrogen and oxygen atoms in total. The maximum atomic E-state index is 13.6. The van der Waals surface area contributed by atoms with E-state index in [0.717, 1.165) is 83.3 Å². The Kier molecular flexibility index (Phi) is 6.52. The van der Waals surface area contributed by atoms with Gasteiger partial charge in [0.2, 0.25) is 6.79 Å². The van der Waals surface area contributed by atoms with Crippen LogP contribution in [-0.4, -0.2) is 47.2 Å². The minimum atomic E-state index is -0.463. The lowest BCUT2D eigenvalue weighted by Crippen LogP contribution is -2.49. The van der Waals surface area contributed by atoms with Crippen molar-refractivity contribution in [1.82, 2.24) is 9.88 Å². The molecule has 1 aromatic heterocycles. The molecule has 3 aliphatic rings. The Balaban J connectivity index is 1.33. The van der Waals surface area contributed by atoms with E-state index in [4.69, 9.17) is 19.2 Å². The molecule has 2 aromatic carbocycles. The van der Waals surface area contributed by atoms with Gasteiger partial charge in [-0.05, 0) is 93.3 Å². The zero-order valence-corrected chi connectivity index (χ0v) is 21.9. The zero-order chi connectivity index (χ0) is 26.2. The molecule has 6 rings (SSSR count). The summed E-state index contributed by atoms with van der Waals surface area (Å²) in [7, 11) is 0. The molecule has 2 unspecified atom stereocenters. The molecule has 0 bridgehead atoms. The van der Waals surface area contributed by atoms with E-state index < -0.39 is 5.97 Å². The largest absolute Gasteiger partial charge is 0.454 e. The van der Waals surface area contributed by atoms with Gasteiger partial charge >= 0.3 is 5.97 Å².